The van der Waals surface area contributed by atoms with Crippen molar-refractivity contribution in [1.82, 2.24) is 19.1 Å². The molecule has 2 saturated heterocycles. The average molecular weight is 441 g/mol. The summed E-state index contributed by atoms with van der Waals surface area (Å²) in [7, 11) is -3.77. The van der Waals surface area contributed by atoms with E-state index in [2.05, 4.69) is 4.98 Å². The van der Waals surface area contributed by atoms with Crippen LogP contribution in [0.3, 0.4) is 0 Å². The monoisotopic (exact) mass is 440 g/mol. The van der Waals surface area contributed by atoms with Crippen LogP contribution in [0, 0.1) is 0 Å². The highest BCUT2D eigenvalue weighted by molar-refractivity contribution is 7.86. The molecule has 1 aromatic carbocycles. The molecule has 3 N–H and O–H groups in total. The normalized spacial score (nSPS) is 22.8. The standard InChI is InChI=1S/C19H25ClN4O4S/c20-14-4-5-17-15(11-14)16(12-21-17)13-6-9-23(10-7-13)29(27,28)24-8-2-1-3-18(24)19(25)22-26/h4-5,11-13,18,21,26H,1-3,6-10H2,(H,22,25). The number of hydrogen-bond acceptors (Lipinski definition) is 4. The molecule has 2 aromatic rings. The Balaban J connectivity index is 1.49. The lowest BCUT2D eigenvalue weighted by atomic mass is 9.90. The molecule has 1 aromatic heterocycles. The number of hydroxylamine groups is 1. The first-order chi connectivity index (χ1) is 13.9. The Bertz CT molecular complexity index is 1000. The zero-order valence-corrected chi connectivity index (χ0v) is 17.5. The largest absolute Gasteiger partial charge is 0.361 e. The Morgan fingerprint density at radius 3 is 2.66 bits per heavy atom. The van der Waals surface area contributed by atoms with Gasteiger partial charge < -0.3 is 4.98 Å². The van der Waals surface area contributed by atoms with Gasteiger partial charge in [-0.25, -0.2) is 5.48 Å². The van der Waals surface area contributed by atoms with Gasteiger partial charge in [-0.05, 0) is 55.4 Å². The average Bonchev–Trinajstić information content (AvgIpc) is 3.16. The molecule has 1 amide bonds. The maximum Gasteiger partial charge on any atom is 0.282 e. The van der Waals surface area contributed by atoms with E-state index in [9.17, 15) is 13.2 Å². The highest BCUT2D eigenvalue weighted by Gasteiger charge is 2.41. The first kappa shape index (κ1) is 20.6. The Kier molecular flexibility index (Phi) is 5.85. The van der Waals surface area contributed by atoms with E-state index in [0.29, 0.717) is 50.3 Å². The van der Waals surface area contributed by atoms with Crippen molar-refractivity contribution in [3.63, 3.8) is 0 Å². The number of fused-ring (bicyclic) bond motifs is 1. The maximum atomic E-state index is 13.2. The number of H-pyrrole nitrogens is 1. The van der Waals surface area contributed by atoms with E-state index in [-0.39, 0.29) is 5.92 Å². The van der Waals surface area contributed by atoms with E-state index in [4.69, 9.17) is 16.8 Å². The van der Waals surface area contributed by atoms with Gasteiger partial charge in [-0.1, -0.05) is 18.0 Å². The van der Waals surface area contributed by atoms with E-state index >= 15 is 0 Å². The van der Waals surface area contributed by atoms with E-state index in [0.717, 1.165) is 22.9 Å². The number of nitrogens with one attached hydrogen (secondary N) is 2. The number of rotatable bonds is 4. The first-order valence-electron chi connectivity index (χ1n) is 9.89. The summed E-state index contributed by atoms with van der Waals surface area (Å²) in [6.07, 6.45) is 5.27. The summed E-state index contributed by atoms with van der Waals surface area (Å²) in [6, 6.07) is 4.88. The van der Waals surface area contributed by atoms with Crippen molar-refractivity contribution in [2.75, 3.05) is 19.6 Å². The highest BCUT2D eigenvalue weighted by Crippen LogP contribution is 2.35. The lowest BCUT2D eigenvalue weighted by molar-refractivity contribution is -0.134. The van der Waals surface area contributed by atoms with Gasteiger partial charge in [-0.15, -0.1) is 0 Å². The van der Waals surface area contributed by atoms with Crippen molar-refractivity contribution in [2.45, 2.75) is 44.1 Å². The molecule has 2 aliphatic heterocycles. The number of amides is 1. The van der Waals surface area contributed by atoms with E-state index < -0.39 is 22.2 Å². The summed E-state index contributed by atoms with van der Waals surface area (Å²) < 4.78 is 29.1. The van der Waals surface area contributed by atoms with Crippen LogP contribution < -0.4 is 5.48 Å². The fourth-order valence-electron chi connectivity index (χ4n) is 4.52. The van der Waals surface area contributed by atoms with Crippen molar-refractivity contribution < 1.29 is 18.4 Å². The molecule has 0 radical (unpaired) electrons. The van der Waals surface area contributed by atoms with Gasteiger partial charge in [0.15, 0.2) is 0 Å². The van der Waals surface area contributed by atoms with Gasteiger partial charge in [0.2, 0.25) is 0 Å². The fourth-order valence-corrected chi connectivity index (χ4v) is 6.54. The molecular weight excluding hydrogens is 416 g/mol. The second-order valence-corrected chi connectivity index (χ2v) is 10.0. The molecule has 1 unspecified atom stereocenters. The molecule has 2 fully saturated rings. The van der Waals surface area contributed by atoms with E-state index in [1.54, 1.807) is 5.48 Å². The van der Waals surface area contributed by atoms with Crippen molar-refractivity contribution in [3.8, 4) is 0 Å². The number of hydrogen-bond donors (Lipinski definition) is 3. The van der Waals surface area contributed by atoms with Gasteiger partial charge in [0.25, 0.3) is 16.1 Å². The molecule has 0 spiro atoms. The van der Waals surface area contributed by atoms with Crippen LogP contribution in [0.5, 0.6) is 0 Å². The second-order valence-electron chi connectivity index (χ2n) is 7.71. The number of aromatic amines is 1. The molecule has 0 aliphatic carbocycles. The molecule has 3 heterocycles. The van der Waals surface area contributed by atoms with Crippen LogP contribution in [-0.2, 0) is 15.0 Å². The Morgan fingerprint density at radius 1 is 1.17 bits per heavy atom. The zero-order valence-electron chi connectivity index (χ0n) is 16.0. The van der Waals surface area contributed by atoms with E-state index in [1.807, 2.05) is 24.4 Å². The minimum absolute atomic E-state index is 0.242. The fraction of sp³-hybridized carbons (Fsp3) is 0.526. The molecule has 0 saturated carbocycles. The number of carbonyl (C=O) groups is 1. The Morgan fingerprint density at radius 2 is 1.93 bits per heavy atom. The minimum atomic E-state index is -3.77. The predicted molar refractivity (Wildman–Crippen MR) is 110 cm³/mol. The SMILES string of the molecule is O=C(NO)C1CCCCN1S(=O)(=O)N1CCC(c2c[nH]c3ccc(Cl)cc23)CC1. The van der Waals surface area contributed by atoms with Gasteiger partial charge in [0, 0.05) is 41.8 Å². The number of aromatic nitrogens is 1. The summed E-state index contributed by atoms with van der Waals surface area (Å²) in [5.41, 5.74) is 3.79. The Hall–Kier alpha value is -1.65. The molecule has 0 bridgehead atoms. The van der Waals surface area contributed by atoms with Crippen LogP contribution in [0.1, 0.15) is 43.6 Å². The maximum absolute atomic E-state index is 13.2. The summed E-state index contributed by atoms with van der Waals surface area (Å²) in [5, 5.41) is 10.7. The predicted octanol–water partition coefficient (Wildman–Crippen LogP) is 2.61. The number of halogens is 1. The summed E-state index contributed by atoms with van der Waals surface area (Å²) in [4.78, 5) is 15.2. The quantitative estimate of drug-likeness (QED) is 0.501. The second kappa shape index (κ2) is 8.23. The first-order valence-corrected chi connectivity index (χ1v) is 11.7. The summed E-state index contributed by atoms with van der Waals surface area (Å²) in [5.74, 6) is -0.426. The third-order valence-electron chi connectivity index (χ3n) is 6.06. The lowest BCUT2D eigenvalue weighted by Crippen LogP contribution is -2.56. The van der Waals surface area contributed by atoms with E-state index in [1.165, 1.54) is 8.61 Å². The van der Waals surface area contributed by atoms with Crippen LogP contribution in [-0.4, -0.2) is 58.8 Å². The van der Waals surface area contributed by atoms with Crippen molar-refractivity contribution in [2.24, 2.45) is 0 Å². The van der Waals surface area contributed by atoms with Crippen LogP contribution >= 0.6 is 11.6 Å². The molecule has 2 aliphatic rings. The molecule has 1 atom stereocenters. The van der Waals surface area contributed by atoms with Crippen molar-refractivity contribution in [1.29, 1.82) is 0 Å². The molecule has 158 valence electrons. The van der Waals surface area contributed by atoms with Crippen LogP contribution in [0.15, 0.2) is 24.4 Å². The third kappa shape index (κ3) is 3.89. The highest BCUT2D eigenvalue weighted by atomic mass is 35.5. The molecule has 4 rings (SSSR count). The van der Waals surface area contributed by atoms with Gasteiger partial charge in [-0.3, -0.25) is 10.0 Å². The van der Waals surface area contributed by atoms with Gasteiger partial charge in [0.1, 0.15) is 6.04 Å². The molecule has 29 heavy (non-hydrogen) atoms. The van der Waals surface area contributed by atoms with Crippen molar-refractivity contribution >= 4 is 38.6 Å². The molecule has 8 nitrogen and oxygen atoms in total. The number of piperidine rings is 2. The van der Waals surface area contributed by atoms with Crippen LogP contribution in [0.4, 0.5) is 0 Å². The summed E-state index contributed by atoms with van der Waals surface area (Å²) in [6.45, 7) is 1.08. The third-order valence-corrected chi connectivity index (χ3v) is 8.34. The van der Waals surface area contributed by atoms with Crippen LogP contribution in [0.25, 0.3) is 10.9 Å². The van der Waals surface area contributed by atoms with Crippen molar-refractivity contribution in [3.05, 3.63) is 35.0 Å². The molecule has 10 heteroatoms. The minimum Gasteiger partial charge on any atom is -0.361 e. The van der Waals surface area contributed by atoms with Gasteiger partial charge >= 0.3 is 0 Å². The number of benzene rings is 1. The Labute approximate surface area is 175 Å². The topological polar surface area (TPSA) is 106 Å². The van der Waals surface area contributed by atoms with Crippen LogP contribution in [0.2, 0.25) is 5.02 Å². The number of nitrogens with zero attached hydrogens (tertiary/aromatic N) is 2. The van der Waals surface area contributed by atoms with Gasteiger partial charge in [0.05, 0.1) is 0 Å². The summed E-state index contributed by atoms with van der Waals surface area (Å²) >= 11 is 6.15. The smallest absolute Gasteiger partial charge is 0.282 e. The van der Waals surface area contributed by atoms with Gasteiger partial charge in [-0.2, -0.15) is 17.0 Å². The zero-order chi connectivity index (χ0) is 20.6. The number of carbonyl (C=O) groups excluding carboxylic acids is 1. The lowest BCUT2D eigenvalue weighted by Gasteiger charge is -2.39. The molecular formula is C19H25ClN4O4S.